The van der Waals surface area contributed by atoms with Gasteiger partial charge in [-0.25, -0.2) is 0 Å². The summed E-state index contributed by atoms with van der Waals surface area (Å²) in [7, 11) is 0. The molecule has 0 bridgehead atoms. The Hall–Kier alpha value is -1.85. The first-order valence-electron chi connectivity index (χ1n) is 11.4. The van der Waals surface area contributed by atoms with Crippen LogP contribution in [0.15, 0.2) is 48.6 Å². The van der Waals surface area contributed by atoms with Gasteiger partial charge in [0.15, 0.2) is 5.88 Å². The first kappa shape index (κ1) is 20.4. The third-order valence-electron chi connectivity index (χ3n) is 6.65. The highest BCUT2D eigenvalue weighted by atomic mass is 16.5. The molecule has 2 fully saturated rings. The van der Waals surface area contributed by atoms with E-state index in [2.05, 4.69) is 51.8 Å². The molecule has 0 radical (unpaired) electrons. The molecule has 158 valence electrons. The molecule has 1 aromatic rings. The highest BCUT2D eigenvalue weighted by molar-refractivity contribution is 5.52. The number of anilines is 1. The zero-order valence-corrected chi connectivity index (χ0v) is 18.0. The number of allylic oxidation sites excluding steroid dienone is 2. The lowest BCUT2D eigenvalue weighted by Crippen LogP contribution is -2.44. The van der Waals surface area contributed by atoms with E-state index in [-0.39, 0.29) is 0 Å². The number of likely N-dealkylation sites (tertiary alicyclic amines) is 2. The minimum absolute atomic E-state index is 0.311. The van der Waals surface area contributed by atoms with Crippen LogP contribution in [0.3, 0.4) is 0 Å². The van der Waals surface area contributed by atoms with Crippen LogP contribution in [0.1, 0.15) is 46.0 Å². The Labute approximate surface area is 176 Å². The molecule has 3 aliphatic heterocycles. The smallest absolute Gasteiger partial charge is 0.194 e. The van der Waals surface area contributed by atoms with Crippen molar-refractivity contribution in [3.8, 4) is 0 Å². The molecule has 0 saturated carbocycles. The molecule has 1 atom stereocenters. The van der Waals surface area contributed by atoms with E-state index >= 15 is 0 Å². The number of pyridine rings is 1. The van der Waals surface area contributed by atoms with Gasteiger partial charge < -0.3 is 19.4 Å². The van der Waals surface area contributed by atoms with Crippen LogP contribution in [-0.2, 0) is 4.74 Å². The Kier molecular flexibility index (Phi) is 6.88. The number of hydrogen-bond acceptors (Lipinski definition) is 5. The van der Waals surface area contributed by atoms with Gasteiger partial charge in [0, 0.05) is 49.8 Å². The topological polar surface area (TPSA) is 31.8 Å². The molecule has 0 spiro atoms. The van der Waals surface area contributed by atoms with E-state index in [1.807, 2.05) is 24.5 Å². The van der Waals surface area contributed by atoms with Gasteiger partial charge >= 0.3 is 0 Å². The maximum Gasteiger partial charge on any atom is 0.194 e. The molecule has 0 aromatic carbocycles. The fourth-order valence-corrected chi connectivity index (χ4v) is 4.87. The van der Waals surface area contributed by atoms with E-state index in [1.165, 1.54) is 32.4 Å². The van der Waals surface area contributed by atoms with E-state index < -0.39 is 0 Å². The van der Waals surface area contributed by atoms with Gasteiger partial charge in [0.25, 0.3) is 0 Å². The SMILES string of the molecule is CC(C)N1CCCC(N2CCC(OC3=CC=CCN3c3ccncc3)CC2)CC1. The van der Waals surface area contributed by atoms with E-state index in [0.717, 1.165) is 50.1 Å². The lowest BCUT2D eigenvalue weighted by atomic mass is 10.0. The standard InChI is InChI=1S/C24H36N4O/c1-20(2)26-15-5-6-21(10-17-26)27-18-11-23(12-19-27)29-24-7-3-4-16-28(24)22-8-13-25-14-9-22/h3-4,7-9,13-14,20-21,23H,5-6,10-12,15-19H2,1-2H3. The van der Waals surface area contributed by atoms with Crippen LogP contribution in [-0.4, -0.2) is 65.7 Å². The Balaban J connectivity index is 1.29. The lowest BCUT2D eigenvalue weighted by molar-refractivity contribution is 0.0300. The second-order valence-corrected chi connectivity index (χ2v) is 8.82. The average molecular weight is 397 g/mol. The molecule has 29 heavy (non-hydrogen) atoms. The molecule has 4 rings (SSSR count). The number of ether oxygens (including phenoxy) is 1. The number of nitrogens with zero attached hydrogens (tertiary/aromatic N) is 4. The minimum atomic E-state index is 0.311. The molecule has 0 amide bonds. The van der Waals surface area contributed by atoms with Gasteiger partial charge in [-0.2, -0.15) is 0 Å². The molecule has 1 aromatic heterocycles. The van der Waals surface area contributed by atoms with E-state index in [4.69, 9.17) is 4.74 Å². The first-order chi connectivity index (χ1) is 14.2. The second kappa shape index (κ2) is 9.77. The normalized spacial score (nSPS) is 25.1. The molecule has 4 heterocycles. The zero-order chi connectivity index (χ0) is 20.1. The Morgan fingerprint density at radius 3 is 2.55 bits per heavy atom. The fraction of sp³-hybridized carbons (Fsp3) is 0.625. The predicted octanol–water partition coefficient (Wildman–Crippen LogP) is 4.04. The van der Waals surface area contributed by atoms with Crippen LogP contribution in [0.2, 0.25) is 0 Å². The molecule has 5 nitrogen and oxygen atoms in total. The third-order valence-corrected chi connectivity index (χ3v) is 6.65. The largest absolute Gasteiger partial charge is 0.475 e. The van der Waals surface area contributed by atoms with Crippen molar-refractivity contribution < 1.29 is 4.74 Å². The molecule has 0 aliphatic carbocycles. The van der Waals surface area contributed by atoms with Gasteiger partial charge in [-0.3, -0.25) is 4.98 Å². The Morgan fingerprint density at radius 1 is 1.00 bits per heavy atom. The van der Waals surface area contributed by atoms with Gasteiger partial charge in [0.1, 0.15) is 6.10 Å². The highest BCUT2D eigenvalue weighted by Crippen LogP contribution is 2.27. The highest BCUT2D eigenvalue weighted by Gasteiger charge is 2.29. The molecular formula is C24H36N4O. The van der Waals surface area contributed by atoms with Crippen molar-refractivity contribution in [2.75, 3.05) is 37.6 Å². The van der Waals surface area contributed by atoms with Crippen LogP contribution in [0, 0.1) is 0 Å². The quantitative estimate of drug-likeness (QED) is 0.750. The average Bonchev–Trinajstić information content (AvgIpc) is 3.02. The van der Waals surface area contributed by atoms with Gasteiger partial charge in [0.2, 0.25) is 0 Å². The van der Waals surface area contributed by atoms with Crippen molar-refractivity contribution in [2.24, 2.45) is 0 Å². The number of aromatic nitrogens is 1. The lowest BCUT2D eigenvalue weighted by Gasteiger charge is -2.39. The summed E-state index contributed by atoms with van der Waals surface area (Å²) in [6.45, 7) is 10.3. The summed E-state index contributed by atoms with van der Waals surface area (Å²) in [5.74, 6) is 0.971. The van der Waals surface area contributed by atoms with Crippen molar-refractivity contribution in [2.45, 2.75) is 64.1 Å². The van der Waals surface area contributed by atoms with Crippen molar-refractivity contribution in [3.63, 3.8) is 0 Å². The van der Waals surface area contributed by atoms with Crippen molar-refractivity contribution in [3.05, 3.63) is 48.6 Å². The van der Waals surface area contributed by atoms with E-state index in [9.17, 15) is 0 Å². The summed E-state index contributed by atoms with van der Waals surface area (Å²) in [5, 5.41) is 0. The van der Waals surface area contributed by atoms with Gasteiger partial charge in [-0.15, -0.1) is 0 Å². The monoisotopic (exact) mass is 396 g/mol. The van der Waals surface area contributed by atoms with Crippen LogP contribution in [0.5, 0.6) is 0 Å². The third kappa shape index (κ3) is 5.20. The number of hydrogen-bond donors (Lipinski definition) is 0. The van der Waals surface area contributed by atoms with Crippen molar-refractivity contribution >= 4 is 5.69 Å². The van der Waals surface area contributed by atoms with Crippen LogP contribution in [0.25, 0.3) is 0 Å². The zero-order valence-electron chi connectivity index (χ0n) is 18.0. The van der Waals surface area contributed by atoms with Crippen molar-refractivity contribution in [1.82, 2.24) is 14.8 Å². The second-order valence-electron chi connectivity index (χ2n) is 8.82. The Bertz CT molecular complexity index is 694. The molecule has 1 unspecified atom stereocenters. The summed E-state index contributed by atoms with van der Waals surface area (Å²) < 4.78 is 6.49. The number of piperidine rings is 1. The van der Waals surface area contributed by atoms with Crippen molar-refractivity contribution in [1.29, 1.82) is 0 Å². The summed E-state index contributed by atoms with van der Waals surface area (Å²) in [4.78, 5) is 11.8. The van der Waals surface area contributed by atoms with Crippen LogP contribution >= 0.6 is 0 Å². The maximum atomic E-state index is 6.49. The van der Waals surface area contributed by atoms with Crippen LogP contribution < -0.4 is 4.90 Å². The van der Waals surface area contributed by atoms with Crippen LogP contribution in [0.4, 0.5) is 5.69 Å². The first-order valence-corrected chi connectivity index (χ1v) is 11.4. The molecule has 0 N–H and O–H groups in total. The predicted molar refractivity (Wildman–Crippen MR) is 119 cm³/mol. The summed E-state index contributed by atoms with van der Waals surface area (Å²) in [6.07, 6.45) is 16.6. The Morgan fingerprint density at radius 2 is 1.79 bits per heavy atom. The van der Waals surface area contributed by atoms with Gasteiger partial charge in [0.05, 0.1) is 0 Å². The molecular weight excluding hydrogens is 360 g/mol. The van der Waals surface area contributed by atoms with Gasteiger partial charge in [-0.05, 0) is 77.2 Å². The van der Waals surface area contributed by atoms with E-state index in [0.29, 0.717) is 12.1 Å². The van der Waals surface area contributed by atoms with Gasteiger partial charge in [-0.1, -0.05) is 12.2 Å². The van der Waals surface area contributed by atoms with E-state index in [1.54, 1.807) is 0 Å². The number of rotatable bonds is 5. The molecule has 2 saturated heterocycles. The molecule has 3 aliphatic rings. The fourth-order valence-electron chi connectivity index (χ4n) is 4.87. The summed E-state index contributed by atoms with van der Waals surface area (Å²) >= 11 is 0. The summed E-state index contributed by atoms with van der Waals surface area (Å²) in [6, 6.07) is 5.52. The maximum absolute atomic E-state index is 6.49. The minimum Gasteiger partial charge on any atom is -0.475 e. The molecule has 5 heteroatoms. The summed E-state index contributed by atoms with van der Waals surface area (Å²) in [5.41, 5.74) is 1.14.